The third-order valence-electron chi connectivity index (χ3n) is 1.78. The minimum absolute atomic E-state index is 0.370. The second-order valence-corrected chi connectivity index (χ2v) is 3.31. The summed E-state index contributed by atoms with van der Waals surface area (Å²) in [4.78, 5) is 21.8. The Kier molecular flexibility index (Phi) is 3.38. The maximum atomic E-state index is 11.1. The van der Waals surface area contributed by atoms with Crippen molar-refractivity contribution in [3.05, 3.63) is 34.9 Å². The molecule has 0 heterocycles. The zero-order valence-corrected chi connectivity index (χ0v) is 8.28. The van der Waals surface area contributed by atoms with Gasteiger partial charge in [0.25, 0.3) is 0 Å². The van der Waals surface area contributed by atoms with Crippen molar-refractivity contribution in [3.63, 3.8) is 0 Å². The van der Waals surface area contributed by atoms with Gasteiger partial charge in [-0.2, -0.15) is 0 Å². The fraction of sp³-hybridized carbons (Fsp3) is 0.200. The number of hydrogen-bond donors (Lipinski definition) is 1. The standard InChI is InChI=1S/C10H9ClO3/c1-6(12)9(13)10(14)7-2-4-8(11)5-3-7/h2-5,10,14H,1H3. The number of carbonyl (C=O) groups excluding carboxylic acids is 2. The second kappa shape index (κ2) is 4.35. The van der Waals surface area contributed by atoms with Gasteiger partial charge in [0.1, 0.15) is 6.10 Å². The number of rotatable bonds is 3. The number of ketones is 2. The van der Waals surface area contributed by atoms with Crippen LogP contribution in [0.5, 0.6) is 0 Å². The van der Waals surface area contributed by atoms with Crippen molar-refractivity contribution in [2.45, 2.75) is 13.0 Å². The number of aliphatic hydroxyl groups excluding tert-OH is 1. The predicted molar refractivity (Wildman–Crippen MR) is 52.1 cm³/mol. The Morgan fingerprint density at radius 3 is 2.21 bits per heavy atom. The summed E-state index contributed by atoms with van der Waals surface area (Å²) in [5, 5.41) is 9.95. The first kappa shape index (κ1) is 10.9. The van der Waals surface area contributed by atoms with Crippen LogP contribution in [-0.4, -0.2) is 16.7 Å². The van der Waals surface area contributed by atoms with E-state index < -0.39 is 17.7 Å². The number of hydrogen-bond acceptors (Lipinski definition) is 3. The summed E-state index contributed by atoms with van der Waals surface area (Å²) in [5.41, 5.74) is 0.370. The topological polar surface area (TPSA) is 54.4 Å². The van der Waals surface area contributed by atoms with Gasteiger partial charge in [0.15, 0.2) is 5.78 Å². The molecule has 14 heavy (non-hydrogen) atoms. The van der Waals surface area contributed by atoms with Gasteiger partial charge in [-0.1, -0.05) is 23.7 Å². The molecule has 0 aromatic heterocycles. The molecule has 1 atom stereocenters. The molecule has 0 bridgehead atoms. The van der Waals surface area contributed by atoms with E-state index in [0.717, 1.165) is 6.92 Å². The molecule has 1 aromatic rings. The van der Waals surface area contributed by atoms with E-state index in [1.54, 1.807) is 12.1 Å². The van der Waals surface area contributed by atoms with Crippen LogP contribution in [0.3, 0.4) is 0 Å². The molecule has 0 saturated carbocycles. The van der Waals surface area contributed by atoms with Crippen LogP contribution in [-0.2, 0) is 9.59 Å². The molecule has 0 spiro atoms. The Labute approximate surface area is 86.3 Å². The molecule has 4 heteroatoms. The zero-order chi connectivity index (χ0) is 10.7. The molecule has 74 valence electrons. The Morgan fingerprint density at radius 2 is 1.79 bits per heavy atom. The summed E-state index contributed by atoms with van der Waals surface area (Å²) in [5.74, 6) is -1.47. The number of benzene rings is 1. The quantitative estimate of drug-likeness (QED) is 0.774. The van der Waals surface area contributed by atoms with Crippen molar-refractivity contribution in [3.8, 4) is 0 Å². The van der Waals surface area contributed by atoms with Crippen LogP contribution >= 0.6 is 11.6 Å². The van der Waals surface area contributed by atoms with E-state index in [-0.39, 0.29) is 0 Å². The summed E-state index contributed by atoms with van der Waals surface area (Å²) in [7, 11) is 0. The van der Waals surface area contributed by atoms with Crippen LogP contribution < -0.4 is 0 Å². The zero-order valence-electron chi connectivity index (χ0n) is 7.53. The van der Waals surface area contributed by atoms with Crippen LogP contribution in [0, 0.1) is 0 Å². The predicted octanol–water partition coefficient (Wildman–Crippen LogP) is 1.53. The van der Waals surface area contributed by atoms with Gasteiger partial charge in [0.05, 0.1) is 0 Å². The van der Waals surface area contributed by atoms with Crippen molar-refractivity contribution in [2.75, 3.05) is 0 Å². The number of halogens is 1. The molecule has 0 saturated heterocycles. The lowest BCUT2D eigenvalue weighted by Crippen LogP contribution is -2.19. The molecule has 0 aliphatic carbocycles. The smallest absolute Gasteiger partial charge is 0.230 e. The highest BCUT2D eigenvalue weighted by atomic mass is 35.5. The molecule has 1 N–H and O–H groups in total. The molecule has 3 nitrogen and oxygen atoms in total. The molecular weight excluding hydrogens is 204 g/mol. The van der Waals surface area contributed by atoms with Gasteiger partial charge >= 0.3 is 0 Å². The second-order valence-electron chi connectivity index (χ2n) is 2.87. The van der Waals surface area contributed by atoms with Crippen molar-refractivity contribution < 1.29 is 14.7 Å². The van der Waals surface area contributed by atoms with Crippen molar-refractivity contribution in [1.82, 2.24) is 0 Å². The van der Waals surface area contributed by atoms with Crippen LogP contribution in [0.25, 0.3) is 0 Å². The summed E-state index contributed by atoms with van der Waals surface area (Å²) in [6.45, 7) is 1.13. The van der Waals surface area contributed by atoms with Crippen LogP contribution in [0.4, 0.5) is 0 Å². The fourth-order valence-electron chi connectivity index (χ4n) is 0.989. The minimum atomic E-state index is -1.38. The molecular formula is C10H9ClO3. The maximum absolute atomic E-state index is 11.1. The highest BCUT2D eigenvalue weighted by Crippen LogP contribution is 2.17. The van der Waals surface area contributed by atoms with Crippen LogP contribution in [0.2, 0.25) is 5.02 Å². The lowest BCUT2D eigenvalue weighted by atomic mass is 10.0. The Hall–Kier alpha value is -1.19. The van der Waals surface area contributed by atoms with Gasteiger partial charge in [-0.05, 0) is 17.7 Å². The molecule has 0 radical (unpaired) electrons. The summed E-state index contributed by atoms with van der Waals surface area (Å²) in [6.07, 6.45) is -1.38. The normalized spacial score (nSPS) is 12.2. The van der Waals surface area contributed by atoms with Crippen molar-refractivity contribution in [1.29, 1.82) is 0 Å². The Morgan fingerprint density at radius 1 is 1.29 bits per heavy atom. The van der Waals surface area contributed by atoms with Gasteiger partial charge in [-0.3, -0.25) is 9.59 Å². The van der Waals surface area contributed by atoms with Crippen LogP contribution in [0.1, 0.15) is 18.6 Å². The van der Waals surface area contributed by atoms with E-state index in [1.807, 2.05) is 0 Å². The molecule has 0 aliphatic rings. The maximum Gasteiger partial charge on any atom is 0.230 e. The van der Waals surface area contributed by atoms with Gasteiger partial charge in [-0.15, -0.1) is 0 Å². The SMILES string of the molecule is CC(=O)C(=O)C(O)c1ccc(Cl)cc1. The fourth-order valence-corrected chi connectivity index (χ4v) is 1.11. The van der Waals surface area contributed by atoms with Gasteiger partial charge in [-0.25, -0.2) is 0 Å². The lowest BCUT2D eigenvalue weighted by Gasteiger charge is -2.07. The Balaban J connectivity index is 2.89. The summed E-state index contributed by atoms with van der Waals surface area (Å²) in [6, 6.07) is 6.11. The Bertz CT molecular complexity index is 356. The first-order valence-electron chi connectivity index (χ1n) is 4.00. The average molecular weight is 213 g/mol. The lowest BCUT2D eigenvalue weighted by molar-refractivity contribution is -0.140. The first-order valence-corrected chi connectivity index (χ1v) is 4.38. The van der Waals surface area contributed by atoms with E-state index in [9.17, 15) is 14.7 Å². The monoisotopic (exact) mass is 212 g/mol. The van der Waals surface area contributed by atoms with Crippen LogP contribution in [0.15, 0.2) is 24.3 Å². The molecule has 1 rings (SSSR count). The molecule has 0 fully saturated rings. The third kappa shape index (κ3) is 2.40. The molecule has 1 aromatic carbocycles. The first-order chi connectivity index (χ1) is 6.52. The highest BCUT2D eigenvalue weighted by Gasteiger charge is 2.20. The van der Waals surface area contributed by atoms with Gasteiger partial charge < -0.3 is 5.11 Å². The summed E-state index contributed by atoms with van der Waals surface area (Å²) >= 11 is 5.62. The number of Topliss-reactive ketones (excluding diaryl/α,β-unsaturated/α-hetero) is 2. The van der Waals surface area contributed by atoms with Crippen molar-refractivity contribution >= 4 is 23.2 Å². The van der Waals surface area contributed by atoms with E-state index in [0.29, 0.717) is 10.6 Å². The largest absolute Gasteiger partial charge is 0.380 e. The van der Waals surface area contributed by atoms with E-state index >= 15 is 0 Å². The number of carbonyl (C=O) groups is 2. The highest BCUT2D eigenvalue weighted by molar-refractivity contribution is 6.37. The van der Waals surface area contributed by atoms with E-state index in [2.05, 4.69) is 0 Å². The minimum Gasteiger partial charge on any atom is -0.380 e. The third-order valence-corrected chi connectivity index (χ3v) is 2.03. The molecule has 0 aliphatic heterocycles. The number of aliphatic hydroxyl groups is 1. The summed E-state index contributed by atoms with van der Waals surface area (Å²) < 4.78 is 0. The van der Waals surface area contributed by atoms with E-state index in [1.165, 1.54) is 12.1 Å². The van der Waals surface area contributed by atoms with Crippen molar-refractivity contribution in [2.24, 2.45) is 0 Å². The molecule has 0 amide bonds. The van der Waals surface area contributed by atoms with Gasteiger partial charge in [0, 0.05) is 11.9 Å². The van der Waals surface area contributed by atoms with Gasteiger partial charge in [0.2, 0.25) is 5.78 Å². The van der Waals surface area contributed by atoms with E-state index in [4.69, 9.17) is 11.6 Å². The average Bonchev–Trinajstić information content (AvgIpc) is 2.16. The molecule has 1 unspecified atom stereocenters.